The number of rotatable bonds is 12. The highest BCUT2D eigenvalue weighted by Crippen LogP contribution is 2.52. The van der Waals surface area contributed by atoms with Crippen molar-refractivity contribution in [3.63, 3.8) is 0 Å². The standard InChI is InChI=1S/C24H43NO7/c1-17(2)9-14-30-23(5,6)20-19(28-7)18(8-10-24(20)16-31-24)32-21(27)25-12-15-29-22(3,4)11-13-26/h9,18-20,26H,8,10-16H2,1-7H3,(H,25,27)/t18-,19-,20-,24?/m1/s1. The Kier molecular flexibility index (Phi) is 9.55. The Labute approximate surface area is 193 Å². The van der Waals surface area contributed by atoms with Gasteiger partial charge < -0.3 is 34.1 Å². The molecule has 1 heterocycles. The monoisotopic (exact) mass is 457 g/mol. The number of ether oxygens (including phenoxy) is 5. The zero-order valence-corrected chi connectivity index (χ0v) is 20.9. The molecule has 0 aromatic rings. The van der Waals surface area contributed by atoms with Gasteiger partial charge in [-0.25, -0.2) is 4.79 Å². The number of aliphatic hydroxyl groups is 1. The normalized spacial score (nSPS) is 27.8. The molecule has 1 saturated heterocycles. The molecule has 0 bridgehead atoms. The zero-order valence-electron chi connectivity index (χ0n) is 20.9. The van der Waals surface area contributed by atoms with Crippen molar-refractivity contribution in [2.75, 3.05) is 40.1 Å². The van der Waals surface area contributed by atoms with Gasteiger partial charge >= 0.3 is 6.09 Å². The third kappa shape index (κ3) is 7.42. The summed E-state index contributed by atoms with van der Waals surface area (Å²) < 4.78 is 29.5. The number of carbonyl (C=O) groups is 1. The summed E-state index contributed by atoms with van der Waals surface area (Å²) >= 11 is 0. The van der Waals surface area contributed by atoms with E-state index in [0.29, 0.717) is 39.2 Å². The molecule has 32 heavy (non-hydrogen) atoms. The maximum atomic E-state index is 12.4. The lowest BCUT2D eigenvalue weighted by atomic mass is 9.68. The van der Waals surface area contributed by atoms with Crippen LogP contribution in [0.15, 0.2) is 11.6 Å². The average molecular weight is 458 g/mol. The fraction of sp³-hybridized carbons (Fsp3) is 0.875. The first-order valence-corrected chi connectivity index (χ1v) is 11.6. The van der Waals surface area contributed by atoms with Gasteiger partial charge in [-0.05, 0) is 60.8 Å². The minimum Gasteiger partial charge on any atom is -0.443 e. The summed E-state index contributed by atoms with van der Waals surface area (Å²) in [5, 5.41) is 11.8. The number of alkyl carbamates (subject to hydrolysis) is 1. The van der Waals surface area contributed by atoms with Crippen molar-refractivity contribution < 1.29 is 33.6 Å². The van der Waals surface area contributed by atoms with Crippen LogP contribution in [-0.2, 0) is 23.7 Å². The van der Waals surface area contributed by atoms with E-state index in [1.165, 1.54) is 5.57 Å². The molecule has 1 aliphatic heterocycles. The smallest absolute Gasteiger partial charge is 0.407 e. The Morgan fingerprint density at radius 3 is 2.50 bits per heavy atom. The maximum Gasteiger partial charge on any atom is 0.407 e. The van der Waals surface area contributed by atoms with Crippen molar-refractivity contribution >= 4 is 6.09 Å². The summed E-state index contributed by atoms with van der Waals surface area (Å²) in [4.78, 5) is 12.4. The second-order valence-corrected chi connectivity index (χ2v) is 10.2. The molecule has 0 aromatic carbocycles. The van der Waals surface area contributed by atoms with Gasteiger partial charge in [-0.15, -0.1) is 0 Å². The van der Waals surface area contributed by atoms with Crippen LogP contribution in [0.25, 0.3) is 0 Å². The Balaban J connectivity index is 1.94. The van der Waals surface area contributed by atoms with Crippen LogP contribution in [0, 0.1) is 5.92 Å². The van der Waals surface area contributed by atoms with E-state index in [9.17, 15) is 4.79 Å². The molecule has 2 fully saturated rings. The summed E-state index contributed by atoms with van der Waals surface area (Å²) in [6.45, 7) is 13.9. The van der Waals surface area contributed by atoms with Crippen LogP contribution in [0.1, 0.15) is 60.8 Å². The van der Waals surface area contributed by atoms with Gasteiger partial charge in [-0.3, -0.25) is 0 Å². The highest BCUT2D eigenvalue weighted by Gasteiger charge is 2.64. The summed E-state index contributed by atoms with van der Waals surface area (Å²) in [5.41, 5.74) is -0.0363. The summed E-state index contributed by atoms with van der Waals surface area (Å²) in [7, 11) is 1.65. The topological polar surface area (TPSA) is 98.8 Å². The molecule has 2 N–H and O–H groups in total. The molecule has 0 radical (unpaired) electrons. The summed E-state index contributed by atoms with van der Waals surface area (Å²) in [6, 6.07) is 0. The van der Waals surface area contributed by atoms with Crippen molar-refractivity contribution in [2.45, 2.75) is 89.8 Å². The van der Waals surface area contributed by atoms with Crippen LogP contribution < -0.4 is 5.32 Å². The molecular weight excluding hydrogens is 414 g/mol. The number of hydrogen-bond donors (Lipinski definition) is 2. The van der Waals surface area contributed by atoms with Crippen molar-refractivity contribution in [3.05, 3.63) is 11.6 Å². The van der Waals surface area contributed by atoms with Crippen LogP contribution in [0.4, 0.5) is 4.79 Å². The largest absolute Gasteiger partial charge is 0.443 e. The SMILES string of the molecule is CO[C@H]1[C@H](C(C)(C)OCC=C(C)C)C2(CC[C@H]1OC(=O)NCCOC(C)(C)CCO)CO2. The fourth-order valence-corrected chi connectivity index (χ4v) is 4.59. The number of allylic oxidation sites excluding steroid dienone is 1. The lowest BCUT2D eigenvalue weighted by Gasteiger charge is -2.47. The molecule has 1 aliphatic carbocycles. The van der Waals surface area contributed by atoms with Crippen LogP contribution >= 0.6 is 0 Å². The molecule has 8 heteroatoms. The second-order valence-electron chi connectivity index (χ2n) is 10.2. The van der Waals surface area contributed by atoms with Gasteiger partial charge in [0.1, 0.15) is 12.2 Å². The lowest BCUT2D eigenvalue weighted by Crippen LogP contribution is -2.59. The lowest BCUT2D eigenvalue weighted by molar-refractivity contribution is -0.172. The second kappa shape index (κ2) is 11.3. The van der Waals surface area contributed by atoms with Crippen LogP contribution in [0.5, 0.6) is 0 Å². The van der Waals surface area contributed by atoms with E-state index in [2.05, 4.69) is 25.2 Å². The Morgan fingerprint density at radius 2 is 1.94 bits per heavy atom. The van der Waals surface area contributed by atoms with E-state index >= 15 is 0 Å². The fourth-order valence-electron chi connectivity index (χ4n) is 4.59. The molecule has 1 unspecified atom stereocenters. The molecule has 4 atom stereocenters. The Hall–Kier alpha value is -1.19. The first-order chi connectivity index (χ1) is 15.0. The third-order valence-electron chi connectivity index (χ3n) is 6.43. The zero-order chi connectivity index (χ0) is 24.0. The van der Waals surface area contributed by atoms with Crippen molar-refractivity contribution in [2.24, 2.45) is 5.92 Å². The van der Waals surface area contributed by atoms with Gasteiger partial charge in [0.25, 0.3) is 0 Å². The van der Waals surface area contributed by atoms with Crippen molar-refractivity contribution in [3.8, 4) is 0 Å². The number of hydrogen-bond acceptors (Lipinski definition) is 7. The quantitative estimate of drug-likeness (QED) is 0.264. The highest BCUT2D eigenvalue weighted by atomic mass is 16.6. The van der Waals surface area contributed by atoms with Gasteiger partial charge in [0.15, 0.2) is 0 Å². The van der Waals surface area contributed by atoms with E-state index in [1.807, 2.05) is 27.7 Å². The molecular formula is C24H43NO7. The number of amides is 1. The van der Waals surface area contributed by atoms with E-state index in [0.717, 1.165) is 6.42 Å². The molecule has 2 rings (SSSR count). The predicted molar refractivity (Wildman–Crippen MR) is 122 cm³/mol. The molecule has 2 aliphatic rings. The number of epoxide rings is 1. The van der Waals surface area contributed by atoms with E-state index in [-0.39, 0.29) is 24.2 Å². The van der Waals surface area contributed by atoms with Gasteiger partial charge in [0.2, 0.25) is 0 Å². The molecule has 1 spiro atoms. The highest BCUT2D eigenvalue weighted by molar-refractivity contribution is 5.67. The van der Waals surface area contributed by atoms with Gasteiger partial charge in [0.05, 0.1) is 36.6 Å². The minimum absolute atomic E-state index is 0.0589. The van der Waals surface area contributed by atoms with Gasteiger partial charge in [-0.1, -0.05) is 11.6 Å². The van der Waals surface area contributed by atoms with Gasteiger partial charge in [-0.2, -0.15) is 0 Å². The molecule has 0 aromatic heterocycles. The molecule has 1 amide bonds. The number of nitrogens with one attached hydrogen (secondary N) is 1. The van der Waals surface area contributed by atoms with Crippen LogP contribution in [0.2, 0.25) is 0 Å². The number of carbonyl (C=O) groups excluding carboxylic acids is 1. The molecule has 8 nitrogen and oxygen atoms in total. The summed E-state index contributed by atoms with van der Waals surface area (Å²) in [6.07, 6.45) is 2.84. The van der Waals surface area contributed by atoms with E-state index in [1.54, 1.807) is 7.11 Å². The Morgan fingerprint density at radius 1 is 1.25 bits per heavy atom. The number of aliphatic hydroxyl groups excluding tert-OH is 1. The van der Waals surface area contributed by atoms with Crippen LogP contribution in [0.3, 0.4) is 0 Å². The van der Waals surface area contributed by atoms with Crippen LogP contribution in [-0.4, -0.2) is 80.3 Å². The van der Waals surface area contributed by atoms with Crippen molar-refractivity contribution in [1.29, 1.82) is 0 Å². The maximum absolute atomic E-state index is 12.4. The predicted octanol–water partition coefficient (Wildman–Crippen LogP) is 3.21. The van der Waals surface area contributed by atoms with E-state index in [4.69, 9.17) is 28.8 Å². The summed E-state index contributed by atoms with van der Waals surface area (Å²) in [5.74, 6) is -0.0697. The third-order valence-corrected chi connectivity index (χ3v) is 6.43. The first kappa shape index (κ1) is 27.1. The van der Waals surface area contributed by atoms with Crippen molar-refractivity contribution in [1.82, 2.24) is 5.32 Å². The van der Waals surface area contributed by atoms with E-state index < -0.39 is 23.4 Å². The molecule has 186 valence electrons. The van der Waals surface area contributed by atoms with Gasteiger partial charge in [0, 0.05) is 26.2 Å². The molecule has 1 saturated carbocycles. The number of methoxy groups -OCH3 is 1. The Bertz CT molecular complexity index is 638. The minimum atomic E-state index is -0.520. The average Bonchev–Trinajstić information content (AvgIpc) is 3.45. The first-order valence-electron chi connectivity index (χ1n) is 11.6.